The SMILES string of the molecule is Clc1ccc(COc2ccc(CNc3ccc4nc[nH]c4c3)cc2)cc1. The van der Waals surface area contributed by atoms with Crippen molar-refractivity contribution in [3.8, 4) is 5.75 Å². The number of halogens is 1. The molecule has 0 fully saturated rings. The quantitative estimate of drug-likeness (QED) is 0.481. The molecule has 2 N–H and O–H groups in total. The number of nitrogens with one attached hydrogen (secondary N) is 2. The Kier molecular flexibility index (Phi) is 4.75. The van der Waals surface area contributed by atoms with Gasteiger partial charge in [-0.05, 0) is 53.6 Å². The van der Waals surface area contributed by atoms with Crippen LogP contribution in [0.3, 0.4) is 0 Å². The van der Waals surface area contributed by atoms with Crippen molar-refractivity contribution in [2.75, 3.05) is 5.32 Å². The molecule has 4 nitrogen and oxygen atoms in total. The Morgan fingerprint density at radius 3 is 2.50 bits per heavy atom. The van der Waals surface area contributed by atoms with E-state index >= 15 is 0 Å². The second-order valence-corrected chi connectivity index (χ2v) is 6.48. The van der Waals surface area contributed by atoms with Crippen LogP contribution in [0, 0.1) is 0 Å². The molecule has 3 aromatic carbocycles. The smallest absolute Gasteiger partial charge is 0.119 e. The van der Waals surface area contributed by atoms with Gasteiger partial charge in [0.05, 0.1) is 17.4 Å². The van der Waals surface area contributed by atoms with Crippen LogP contribution >= 0.6 is 11.6 Å². The van der Waals surface area contributed by atoms with Gasteiger partial charge in [0.1, 0.15) is 12.4 Å². The average molecular weight is 364 g/mol. The van der Waals surface area contributed by atoms with Crippen molar-refractivity contribution in [3.05, 3.63) is 89.2 Å². The summed E-state index contributed by atoms with van der Waals surface area (Å²) in [5, 5.41) is 4.16. The molecule has 0 amide bonds. The van der Waals surface area contributed by atoms with Crippen LogP contribution in [0.25, 0.3) is 11.0 Å². The van der Waals surface area contributed by atoms with Crippen molar-refractivity contribution >= 4 is 28.3 Å². The molecule has 4 rings (SSSR count). The normalized spacial score (nSPS) is 10.8. The highest BCUT2D eigenvalue weighted by atomic mass is 35.5. The van der Waals surface area contributed by atoms with Crippen LogP contribution in [0.15, 0.2) is 73.1 Å². The average Bonchev–Trinajstić information content (AvgIpc) is 3.14. The van der Waals surface area contributed by atoms with Gasteiger partial charge >= 0.3 is 0 Å². The first kappa shape index (κ1) is 16.5. The minimum Gasteiger partial charge on any atom is -0.489 e. The van der Waals surface area contributed by atoms with E-state index in [-0.39, 0.29) is 0 Å². The van der Waals surface area contributed by atoms with Gasteiger partial charge in [-0.3, -0.25) is 0 Å². The topological polar surface area (TPSA) is 49.9 Å². The van der Waals surface area contributed by atoms with Crippen LogP contribution in [0.1, 0.15) is 11.1 Å². The first-order chi connectivity index (χ1) is 12.8. The molecule has 1 heterocycles. The number of imidazole rings is 1. The number of aromatic nitrogens is 2. The van der Waals surface area contributed by atoms with Crippen molar-refractivity contribution < 1.29 is 4.74 Å². The number of hydrogen-bond acceptors (Lipinski definition) is 3. The number of ether oxygens (including phenoxy) is 1. The molecule has 5 heteroatoms. The van der Waals surface area contributed by atoms with E-state index in [4.69, 9.17) is 16.3 Å². The van der Waals surface area contributed by atoms with E-state index in [2.05, 4.69) is 33.5 Å². The van der Waals surface area contributed by atoms with Crippen LogP contribution in [-0.2, 0) is 13.2 Å². The molecule has 0 saturated heterocycles. The zero-order valence-electron chi connectivity index (χ0n) is 14.1. The van der Waals surface area contributed by atoms with Gasteiger partial charge in [-0.15, -0.1) is 0 Å². The lowest BCUT2D eigenvalue weighted by atomic mass is 10.2. The molecule has 0 unspecified atom stereocenters. The molecular weight excluding hydrogens is 346 g/mol. The van der Waals surface area contributed by atoms with Crippen LogP contribution in [-0.4, -0.2) is 9.97 Å². The van der Waals surface area contributed by atoms with Crippen LogP contribution in [0.2, 0.25) is 5.02 Å². The predicted octanol–water partition coefficient (Wildman–Crippen LogP) is 5.41. The number of H-pyrrole nitrogens is 1. The maximum Gasteiger partial charge on any atom is 0.119 e. The Hall–Kier alpha value is -2.98. The third-order valence-corrected chi connectivity index (χ3v) is 4.41. The lowest BCUT2D eigenvalue weighted by molar-refractivity contribution is 0.306. The molecule has 0 aliphatic rings. The highest BCUT2D eigenvalue weighted by Crippen LogP contribution is 2.18. The fraction of sp³-hybridized carbons (Fsp3) is 0.0952. The van der Waals surface area contributed by atoms with E-state index in [1.165, 1.54) is 5.56 Å². The molecule has 0 radical (unpaired) electrons. The number of fused-ring (bicyclic) bond motifs is 1. The van der Waals surface area contributed by atoms with Gasteiger partial charge in [0.2, 0.25) is 0 Å². The standard InChI is InChI=1S/C21H18ClN3O/c22-17-5-1-16(2-6-17)13-26-19-8-3-15(4-9-19)12-23-18-7-10-20-21(11-18)25-14-24-20/h1-11,14,23H,12-13H2,(H,24,25). The van der Waals surface area contributed by atoms with Crippen LogP contribution in [0.5, 0.6) is 5.75 Å². The first-order valence-electron chi connectivity index (χ1n) is 8.39. The zero-order valence-corrected chi connectivity index (χ0v) is 14.8. The molecule has 0 saturated carbocycles. The summed E-state index contributed by atoms with van der Waals surface area (Å²) in [6.45, 7) is 1.27. The fourth-order valence-electron chi connectivity index (χ4n) is 2.70. The summed E-state index contributed by atoms with van der Waals surface area (Å²) in [5.74, 6) is 0.850. The molecular formula is C21H18ClN3O. The fourth-order valence-corrected chi connectivity index (χ4v) is 2.83. The molecule has 0 aliphatic carbocycles. The van der Waals surface area contributed by atoms with Crippen molar-refractivity contribution in [2.24, 2.45) is 0 Å². The predicted molar refractivity (Wildman–Crippen MR) is 106 cm³/mol. The molecule has 130 valence electrons. The Morgan fingerprint density at radius 1 is 0.923 bits per heavy atom. The van der Waals surface area contributed by atoms with Gasteiger partial charge in [0.15, 0.2) is 0 Å². The van der Waals surface area contributed by atoms with E-state index in [0.717, 1.165) is 39.6 Å². The summed E-state index contributed by atoms with van der Waals surface area (Å²) in [5.41, 5.74) is 5.34. The molecule has 0 bridgehead atoms. The van der Waals surface area contributed by atoms with Gasteiger partial charge in [0.25, 0.3) is 0 Å². The number of hydrogen-bond donors (Lipinski definition) is 2. The Morgan fingerprint density at radius 2 is 1.69 bits per heavy atom. The van der Waals surface area contributed by atoms with Gasteiger partial charge in [-0.2, -0.15) is 0 Å². The summed E-state index contributed by atoms with van der Waals surface area (Å²) < 4.78 is 5.81. The summed E-state index contributed by atoms with van der Waals surface area (Å²) in [7, 11) is 0. The van der Waals surface area contributed by atoms with Gasteiger partial charge in [0, 0.05) is 17.3 Å². The molecule has 0 aliphatic heterocycles. The summed E-state index contributed by atoms with van der Waals surface area (Å²) >= 11 is 5.89. The summed E-state index contributed by atoms with van der Waals surface area (Å²) in [4.78, 5) is 7.35. The largest absolute Gasteiger partial charge is 0.489 e. The van der Waals surface area contributed by atoms with Gasteiger partial charge in [-0.1, -0.05) is 35.9 Å². The lowest BCUT2D eigenvalue weighted by Crippen LogP contribution is -2.00. The van der Waals surface area contributed by atoms with Gasteiger partial charge < -0.3 is 15.0 Å². The van der Waals surface area contributed by atoms with E-state index in [1.807, 2.05) is 48.5 Å². The van der Waals surface area contributed by atoms with Crippen LogP contribution in [0.4, 0.5) is 5.69 Å². The van der Waals surface area contributed by atoms with E-state index < -0.39 is 0 Å². The van der Waals surface area contributed by atoms with Crippen LogP contribution < -0.4 is 10.1 Å². The van der Waals surface area contributed by atoms with E-state index in [0.29, 0.717) is 6.61 Å². The highest BCUT2D eigenvalue weighted by molar-refractivity contribution is 6.30. The molecule has 26 heavy (non-hydrogen) atoms. The minimum absolute atomic E-state index is 0.527. The monoisotopic (exact) mass is 363 g/mol. The Bertz CT molecular complexity index is 994. The van der Waals surface area contributed by atoms with Crippen molar-refractivity contribution in [1.82, 2.24) is 9.97 Å². The first-order valence-corrected chi connectivity index (χ1v) is 8.77. The van der Waals surface area contributed by atoms with E-state index in [1.54, 1.807) is 6.33 Å². The number of aromatic amines is 1. The molecule has 0 spiro atoms. The maximum absolute atomic E-state index is 5.89. The highest BCUT2D eigenvalue weighted by Gasteiger charge is 2.00. The Balaban J connectivity index is 1.32. The lowest BCUT2D eigenvalue weighted by Gasteiger charge is -2.09. The molecule has 1 aromatic heterocycles. The molecule has 4 aromatic rings. The third-order valence-electron chi connectivity index (χ3n) is 4.16. The molecule has 0 atom stereocenters. The number of rotatable bonds is 6. The second kappa shape index (κ2) is 7.50. The zero-order chi connectivity index (χ0) is 17.8. The maximum atomic E-state index is 5.89. The summed E-state index contributed by atoms with van der Waals surface area (Å²) in [6, 6.07) is 21.9. The van der Waals surface area contributed by atoms with E-state index in [9.17, 15) is 0 Å². The minimum atomic E-state index is 0.527. The van der Waals surface area contributed by atoms with Crippen molar-refractivity contribution in [3.63, 3.8) is 0 Å². The van der Waals surface area contributed by atoms with Gasteiger partial charge in [-0.25, -0.2) is 4.98 Å². The van der Waals surface area contributed by atoms with Crippen molar-refractivity contribution in [1.29, 1.82) is 0 Å². The number of anilines is 1. The van der Waals surface area contributed by atoms with Crippen molar-refractivity contribution in [2.45, 2.75) is 13.2 Å². The number of benzene rings is 3. The third kappa shape index (κ3) is 3.98. The number of nitrogens with zero attached hydrogens (tertiary/aromatic N) is 1. The second-order valence-electron chi connectivity index (χ2n) is 6.05. The summed E-state index contributed by atoms with van der Waals surface area (Å²) in [6.07, 6.45) is 1.71. The Labute approximate surface area is 156 Å².